The van der Waals surface area contributed by atoms with Crippen LogP contribution in [0.15, 0.2) is 23.4 Å². The Labute approximate surface area is 124 Å². The highest BCUT2D eigenvalue weighted by Gasteiger charge is 2.21. The van der Waals surface area contributed by atoms with E-state index in [2.05, 4.69) is 17.4 Å². The Morgan fingerprint density at radius 1 is 1.62 bits per heavy atom. The summed E-state index contributed by atoms with van der Waals surface area (Å²) in [6, 6.07) is 6.06. The number of benzene rings is 1. The zero-order valence-electron chi connectivity index (χ0n) is 12.5. The molecular weight excluding hydrogens is 270 g/mol. The monoisotopic (exact) mass is 293 g/mol. The quantitative estimate of drug-likeness (QED) is 0.318. The number of nitrogens with two attached hydrogens (primary N) is 1. The lowest BCUT2D eigenvalue weighted by Gasteiger charge is -2.19. The van der Waals surface area contributed by atoms with Crippen molar-refractivity contribution in [2.75, 3.05) is 20.3 Å². The van der Waals surface area contributed by atoms with Gasteiger partial charge in [0.25, 0.3) is 0 Å². The van der Waals surface area contributed by atoms with Gasteiger partial charge in [-0.05, 0) is 37.0 Å². The molecule has 1 fully saturated rings. The Morgan fingerprint density at radius 2 is 2.43 bits per heavy atom. The number of amidine groups is 1. The Bertz CT molecular complexity index is 499. The Kier molecular flexibility index (Phi) is 5.41. The van der Waals surface area contributed by atoms with E-state index in [0.717, 1.165) is 25.2 Å². The van der Waals surface area contributed by atoms with Gasteiger partial charge in [-0.2, -0.15) is 0 Å². The lowest BCUT2D eigenvalue weighted by molar-refractivity contribution is 0.178. The summed E-state index contributed by atoms with van der Waals surface area (Å²) in [5.74, 6) is 1.20. The second-order valence-electron chi connectivity index (χ2n) is 5.31. The highest BCUT2D eigenvalue weighted by molar-refractivity contribution is 5.99. The first-order valence-corrected chi connectivity index (χ1v) is 7.11. The molecule has 6 nitrogen and oxygen atoms in total. The van der Waals surface area contributed by atoms with Gasteiger partial charge in [-0.15, -0.1) is 0 Å². The Hall–Kier alpha value is -1.79. The number of hydrogen-bond acceptors (Lipinski definition) is 5. The molecule has 116 valence electrons. The molecule has 1 saturated heterocycles. The second-order valence-corrected chi connectivity index (χ2v) is 5.31. The molecule has 2 rings (SSSR count). The summed E-state index contributed by atoms with van der Waals surface area (Å²) in [4.78, 5) is 0. The highest BCUT2D eigenvalue weighted by atomic mass is 16.5. The van der Waals surface area contributed by atoms with E-state index < -0.39 is 0 Å². The van der Waals surface area contributed by atoms with Crippen molar-refractivity contribution in [2.24, 2.45) is 16.8 Å². The van der Waals surface area contributed by atoms with Crippen LogP contribution >= 0.6 is 0 Å². The molecule has 21 heavy (non-hydrogen) atoms. The largest absolute Gasteiger partial charge is 0.496 e. The molecule has 1 aromatic carbocycles. The van der Waals surface area contributed by atoms with E-state index in [1.165, 1.54) is 0 Å². The van der Waals surface area contributed by atoms with Crippen molar-refractivity contribution < 1.29 is 14.7 Å². The third-order valence-corrected chi connectivity index (χ3v) is 3.95. The number of hydrogen-bond donors (Lipinski definition) is 3. The van der Waals surface area contributed by atoms with Crippen LogP contribution in [0.25, 0.3) is 0 Å². The smallest absolute Gasteiger partial charge is 0.173 e. The van der Waals surface area contributed by atoms with Gasteiger partial charge in [0.1, 0.15) is 5.75 Å². The average Bonchev–Trinajstić information content (AvgIpc) is 3.06. The van der Waals surface area contributed by atoms with Crippen LogP contribution in [0.3, 0.4) is 0 Å². The molecule has 2 atom stereocenters. The van der Waals surface area contributed by atoms with Crippen molar-refractivity contribution in [3.05, 3.63) is 29.3 Å². The molecule has 0 bridgehead atoms. The van der Waals surface area contributed by atoms with Gasteiger partial charge in [0, 0.05) is 19.2 Å². The fourth-order valence-corrected chi connectivity index (χ4v) is 2.51. The van der Waals surface area contributed by atoms with E-state index >= 15 is 0 Å². The summed E-state index contributed by atoms with van der Waals surface area (Å²) >= 11 is 0. The van der Waals surface area contributed by atoms with Crippen LogP contribution in [0.2, 0.25) is 0 Å². The van der Waals surface area contributed by atoms with Crippen LogP contribution in [-0.4, -0.2) is 37.4 Å². The number of nitrogens with one attached hydrogen (secondary N) is 1. The number of ether oxygens (including phenoxy) is 2. The first kappa shape index (κ1) is 15.6. The molecule has 1 aliphatic rings. The van der Waals surface area contributed by atoms with Gasteiger partial charge in [0.15, 0.2) is 5.84 Å². The first-order valence-electron chi connectivity index (χ1n) is 7.11. The van der Waals surface area contributed by atoms with E-state index in [1.54, 1.807) is 7.11 Å². The lowest BCUT2D eigenvalue weighted by atomic mass is 10.0. The van der Waals surface area contributed by atoms with E-state index in [0.29, 0.717) is 29.8 Å². The van der Waals surface area contributed by atoms with Crippen LogP contribution in [0.4, 0.5) is 0 Å². The van der Waals surface area contributed by atoms with Crippen LogP contribution < -0.4 is 15.8 Å². The number of nitrogens with zero attached hydrogens (tertiary/aromatic N) is 1. The number of oxime groups is 1. The highest BCUT2D eigenvalue weighted by Crippen LogP contribution is 2.21. The molecular formula is C15H23N3O3. The zero-order valence-corrected chi connectivity index (χ0v) is 12.5. The van der Waals surface area contributed by atoms with Crippen molar-refractivity contribution in [2.45, 2.75) is 25.9 Å². The molecule has 1 aliphatic heterocycles. The van der Waals surface area contributed by atoms with Crippen molar-refractivity contribution in [3.63, 3.8) is 0 Å². The topological polar surface area (TPSA) is 89.1 Å². The van der Waals surface area contributed by atoms with Crippen LogP contribution in [0.5, 0.6) is 5.75 Å². The molecule has 6 heteroatoms. The first-order chi connectivity index (χ1) is 10.2. The number of rotatable bonds is 6. The van der Waals surface area contributed by atoms with Gasteiger partial charge in [0.05, 0.1) is 19.3 Å². The van der Waals surface area contributed by atoms with Gasteiger partial charge in [-0.1, -0.05) is 11.2 Å². The Morgan fingerprint density at radius 3 is 3.05 bits per heavy atom. The Balaban J connectivity index is 2.03. The summed E-state index contributed by atoms with van der Waals surface area (Å²) in [7, 11) is 1.56. The summed E-state index contributed by atoms with van der Waals surface area (Å²) in [5, 5.41) is 15.4. The third kappa shape index (κ3) is 3.86. The second kappa shape index (κ2) is 7.28. The van der Waals surface area contributed by atoms with Crippen molar-refractivity contribution in [1.29, 1.82) is 0 Å². The van der Waals surface area contributed by atoms with Gasteiger partial charge in [-0.3, -0.25) is 0 Å². The van der Waals surface area contributed by atoms with Gasteiger partial charge < -0.3 is 25.7 Å². The molecule has 0 saturated carbocycles. The van der Waals surface area contributed by atoms with E-state index in [-0.39, 0.29) is 5.84 Å². The summed E-state index contributed by atoms with van der Waals surface area (Å²) in [6.45, 7) is 4.57. The predicted molar refractivity (Wildman–Crippen MR) is 80.7 cm³/mol. The number of methoxy groups -OCH3 is 1. The predicted octanol–water partition coefficient (Wildman–Crippen LogP) is 1.30. The van der Waals surface area contributed by atoms with Crippen LogP contribution in [0, 0.1) is 5.92 Å². The molecule has 1 aromatic rings. The van der Waals surface area contributed by atoms with Crippen LogP contribution in [0.1, 0.15) is 24.5 Å². The van der Waals surface area contributed by atoms with E-state index in [9.17, 15) is 0 Å². The van der Waals surface area contributed by atoms with Gasteiger partial charge in [-0.25, -0.2) is 0 Å². The molecule has 0 amide bonds. The molecule has 0 aliphatic carbocycles. The SMILES string of the molecule is COc1ccc(CNC(C)C2CCOC2)cc1/C(N)=N/O. The average molecular weight is 293 g/mol. The van der Waals surface area contributed by atoms with Crippen molar-refractivity contribution >= 4 is 5.84 Å². The minimum Gasteiger partial charge on any atom is -0.496 e. The minimum atomic E-state index is 0.0472. The van der Waals surface area contributed by atoms with E-state index in [4.69, 9.17) is 20.4 Å². The fraction of sp³-hybridized carbons (Fsp3) is 0.533. The van der Waals surface area contributed by atoms with Crippen LogP contribution in [-0.2, 0) is 11.3 Å². The molecule has 2 unspecified atom stereocenters. The van der Waals surface area contributed by atoms with Gasteiger partial charge in [0.2, 0.25) is 0 Å². The molecule has 0 aromatic heterocycles. The molecule has 1 heterocycles. The maximum Gasteiger partial charge on any atom is 0.173 e. The van der Waals surface area contributed by atoms with E-state index in [1.807, 2.05) is 18.2 Å². The maximum absolute atomic E-state index is 8.84. The fourth-order valence-electron chi connectivity index (χ4n) is 2.51. The standard InChI is InChI=1S/C15H23N3O3/c1-10(12-5-6-21-9-12)17-8-11-3-4-14(20-2)13(7-11)15(16)18-19/h3-4,7,10,12,17,19H,5-6,8-9H2,1-2H3,(H2,16,18). The lowest BCUT2D eigenvalue weighted by Crippen LogP contribution is -2.33. The summed E-state index contributed by atoms with van der Waals surface area (Å²) < 4.78 is 10.6. The van der Waals surface area contributed by atoms with Gasteiger partial charge >= 0.3 is 0 Å². The molecule has 0 spiro atoms. The normalized spacial score (nSPS) is 20.5. The zero-order chi connectivity index (χ0) is 15.2. The summed E-state index contributed by atoms with van der Waals surface area (Å²) in [5.41, 5.74) is 7.33. The summed E-state index contributed by atoms with van der Waals surface area (Å²) in [6.07, 6.45) is 1.10. The third-order valence-electron chi connectivity index (χ3n) is 3.95. The van der Waals surface area contributed by atoms with Crippen molar-refractivity contribution in [1.82, 2.24) is 5.32 Å². The maximum atomic E-state index is 8.84. The molecule has 0 radical (unpaired) electrons. The van der Waals surface area contributed by atoms with Crippen molar-refractivity contribution in [3.8, 4) is 5.75 Å². The minimum absolute atomic E-state index is 0.0472. The molecule has 4 N–H and O–H groups in total.